The van der Waals surface area contributed by atoms with Crippen molar-refractivity contribution in [1.29, 1.82) is 5.41 Å². The maximum atomic E-state index is 10.3. The number of fused-ring (bicyclic) bond motifs is 1. The van der Waals surface area contributed by atoms with Crippen LogP contribution in [0.3, 0.4) is 0 Å². The number of hydrogen-bond acceptors (Lipinski definition) is 6. The van der Waals surface area contributed by atoms with Gasteiger partial charge in [0.05, 0.1) is 12.0 Å². The van der Waals surface area contributed by atoms with E-state index in [2.05, 4.69) is 15.0 Å². The Hall–Kier alpha value is -4.07. The third-order valence-corrected chi connectivity index (χ3v) is 5.35. The van der Waals surface area contributed by atoms with Crippen molar-refractivity contribution in [2.75, 3.05) is 0 Å². The normalized spacial score (nSPS) is 12.2. The van der Waals surface area contributed by atoms with Gasteiger partial charge in [-0.1, -0.05) is 26.0 Å². The van der Waals surface area contributed by atoms with Crippen LogP contribution in [-0.4, -0.2) is 34.8 Å². The molecular formula is C23H23N5O3. The lowest BCUT2D eigenvalue weighted by molar-refractivity contribution is 0.403. The van der Waals surface area contributed by atoms with Crippen LogP contribution in [0.5, 0.6) is 17.2 Å². The molecule has 31 heavy (non-hydrogen) atoms. The van der Waals surface area contributed by atoms with Gasteiger partial charge in [0.1, 0.15) is 17.6 Å². The molecule has 158 valence electrons. The summed E-state index contributed by atoms with van der Waals surface area (Å²) in [5, 5.41) is 38.3. The number of hydrogen-bond donors (Lipinski definition) is 5. The molecule has 4 rings (SSSR count). The summed E-state index contributed by atoms with van der Waals surface area (Å²) in [6.45, 7) is 4.08. The second-order valence-corrected chi connectivity index (χ2v) is 7.13. The highest BCUT2D eigenvalue weighted by molar-refractivity contribution is 5.94. The number of phenols is 3. The molecule has 5 N–H and O–H groups in total. The third kappa shape index (κ3) is 3.52. The van der Waals surface area contributed by atoms with Crippen LogP contribution in [0.1, 0.15) is 37.8 Å². The number of nitrogens with zero attached hydrogens (tertiary/aromatic N) is 3. The minimum atomic E-state index is -0.261. The van der Waals surface area contributed by atoms with Gasteiger partial charge < -0.3 is 20.3 Å². The standard InChI is InChI=1S/C23H23N5O3/c1-3-15(13-5-7-14(29)8-6-13)16(4-2)17-9-19(30)20(31)10-18(17)28-12-27-22(24)21-23(28)26-11-25-21/h5-12,24,29-31H,3-4H2,1-2H3,(H,25,26)/b16-15+,24-22?. The van der Waals surface area contributed by atoms with Crippen LogP contribution in [0.2, 0.25) is 0 Å². The number of aromatic hydroxyl groups is 3. The van der Waals surface area contributed by atoms with Crippen LogP contribution in [0.15, 0.2) is 49.1 Å². The average molecular weight is 417 g/mol. The summed E-state index contributed by atoms with van der Waals surface area (Å²) in [5.74, 6) is -0.295. The molecule has 8 heteroatoms. The molecule has 4 aromatic rings. The van der Waals surface area contributed by atoms with Gasteiger partial charge in [-0.15, -0.1) is 0 Å². The van der Waals surface area contributed by atoms with Crippen LogP contribution in [-0.2, 0) is 0 Å². The van der Waals surface area contributed by atoms with Gasteiger partial charge in [0, 0.05) is 11.6 Å². The fourth-order valence-corrected chi connectivity index (χ4v) is 3.88. The van der Waals surface area contributed by atoms with Crippen LogP contribution in [0.25, 0.3) is 28.0 Å². The summed E-state index contributed by atoms with van der Waals surface area (Å²) >= 11 is 0. The summed E-state index contributed by atoms with van der Waals surface area (Å²) < 4.78 is 1.69. The first-order chi connectivity index (χ1) is 14.9. The lowest BCUT2D eigenvalue weighted by Crippen LogP contribution is -2.12. The van der Waals surface area contributed by atoms with Gasteiger partial charge in [-0.05, 0) is 47.8 Å². The zero-order valence-corrected chi connectivity index (χ0v) is 17.2. The number of allylic oxidation sites excluding steroid dienone is 2. The SMILES string of the molecule is CC/C(=C(/CC)c1cc(O)c(O)cc1-n1cnc(=N)c2[nH]cnc21)c1ccc(O)cc1. The summed E-state index contributed by atoms with van der Waals surface area (Å²) in [7, 11) is 0. The Kier molecular flexibility index (Phi) is 5.21. The van der Waals surface area contributed by atoms with E-state index < -0.39 is 0 Å². The van der Waals surface area contributed by atoms with E-state index in [0.29, 0.717) is 23.3 Å². The van der Waals surface area contributed by atoms with Crippen LogP contribution < -0.4 is 5.49 Å². The van der Waals surface area contributed by atoms with Gasteiger partial charge in [-0.3, -0.25) is 9.98 Å². The Bertz CT molecular complexity index is 1350. The van der Waals surface area contributed by atoms with E-state index in [9.17, 15) is 15.3 Å². The van der Waals surface area contributed by atoms with E-state index >= 15 is 0 Å². The van der Waals surface area contributed by atoms with E-state index in [1.807, 2.05) is 26.0 Å². The number of imidazole rings is 1. The Morgan fingerprint density at radius 1 is 0.968 bits per heavy atom. The van der Waals surface area contributed by atoms with Crippen molar-refractivity contribution < 1.29 is 15.3 Å². The zero-order valence-electron chi connectivity index (χ0n) is 17.2. The zero-order chi connectivity index (χ0) is 22.1. The largest absolute Gasteiger partial charge is 0.508 e. The molecule has 0 spiro atoms. The summed E-state index contributed by atoms with van der Waals surface area (Å²) in [4.78, 5) is 11.4. The van der Waals surface area contributed by atoms with Crippen LogP contribution in [0, 0.1) is 5.41 Å². The lowest BCUT2D eigenvalue weighted by atomic mass is 9.90. The molecule has 0 unspecified atom stereocenters. The van der Waals surface area contributed by atoms with E-state index in [0.717, 1.165) is 28.7 Å². The molecule has 0 bridgehead atoms. The number of aromatic amines is 1. The summed E-state index contributed by atoms with van der Waals surface area (Å²) in [5.41, 5.74) is 5.32. The topological polar surface area (TPSA) is 131 Å². The maximum absolute atomic E-state index is 10.3. The van der Waals surface area contributed by atoms with Gasteiger partial charge in [-0.25, -0.2) is 9.97 Å². The van der Waals surface area contributed by atoms with E-state index in [1.165, 1.54) is 18.7 Å². The third-order valence-electron chi connectivity index (χ3n) is 5.35. The highest BCUT2D eigenvalue weighted by Gasteiger charge is 2.19. The van der Waals surface area contributed by atoms with Gasteiger partial charge in [0.15, 0.2) is 22.6 Å². The Morgan fingerprint density at radius 3 is 2.32 bits per heavy atom. The minimum absolute atomic E-state index is 0.0675. The average Bonchev–Trinajstić information content (AvgIpc) is 3.26. The Morgan fingerprint density at radius 2 is 1.65 bits per heavy atom. The minimum Gasteiger partial charge on any atom is -0.508 e. The predicted octanol–water partition coefficient (Wildman–Crippen LogP) is 4.08. The van der Waals surface area contributed by atoms with Gasteiger partial charge >= 0.3 is 0 Å². The molecule has 0 atom stereocenters. The molecule has 0 aliphatic rings. The molecule has 0 fully saturated rings. The molecule has 2 heterocycles. The molecule has 0 radical (unpaired) electrons. The van der Waals surface area contributed by atoms with Crippen molar-refractivity contribution in [3.05, 3.63) is 65.7 Å². The summed E-state index contributed by atoms with van der Waals surface area (Å²) in [6, 6.07) is 10.0. The molecule has 0 saturated carbocycles. The molecule has 0 amide bonds. The van der Waals surface area contributed by atoms with Crippen molar-refractivity contribution in [2.24, 2.45) is 0 Å². The second-order valence-electron chi connectivity index (χ2n) is 7.13. The smallest absolute Gasteiger partial charge is 0.173 e. The first-order valence-corrected chi connectivity index (χ1v) is 9.98. The number of rotatable bonds is 5. The highest BCUT2D eigenvalue weighted by atomic mass is 16.3. The molecule has 0 aliphatic carbocycles. The molecule has 8 nitrogen and oxygen atoms in total. The monoisotopic (exact) mass is 417 g/mol. The van der Waals surface area contributed by atoms with Crippen LogP contribution >= 0.6 is 0 Å². The van der Waals surface area contributed by atoms with Crippen molar-refractivity contribution in [2.45, 2.75) is 26.7 Å². The quantitative estimate of drug-likeness (QED) is 0.247. The fourth-order valence-electron chi connectivity index (χ4n) is 3.88. The van der Waals surface area contributed by atoms with Crippen molar-refractivity contribution >= 4 is 22.3 Å². The van der Waals surface area contributed by atoms with Gasteiger partial charge in [0.25, 0.3) is 0 Å². The fraction of sp³-hybridized carbons (Fsp3) is 0.174. The number of H-pyrrole nitrogens is 1. The van der Waals surface area contributed by atoms with E-state index in [1.54, 1.807) is 22.8 Å². The van der Waals surface area contributed by atoms with Crippen molar-refractivity contribution in [1.82, 2.24) is 19.5 Å². The molecule has 2 aromatic carbocycles. The maximum Gasteiger partial charge on any atom is 0.173 e. The Balaban J connectivity index is 2.05. The van der Waals surface area contributed by atoms with Crippen LogP contribution in [0.4, 0.5) is 0 Å². The number of nitrogens with one attached hydrogen (secondary N) is 2. The van der Waals surface area contributed by atoms with Gasteiger partial charge in [-0.2, -0.15) is 0 Å². The first kappa shape index (κ1) is 20.2. The second kappa shape index (κ2) is 7.98. The highest BCUT2D eigenvalue weighted by Crippen LogP contribution is 2.40. The van der Waals surface area contributed by atoms with Crippen molar-refractivity contribution in [3.8, 4) is 22.9 Å². The number of phenolic OH excluding ortho intramolecular Hbond substituents is 3. The molecule has 2 aromatic heterocycles. The number of benzene rings is 2. The van der Waals surface area contributed by atoms with Crippen molar-refractivity contribution in [3.63, 3.8) is 0 Å². The van der Waals surface area contributed by atoms with Gasteiger partial charge in [0.2, 0.25) is 0 Å². The van der Waals surface area contributed by atoms with E-state index in [-0.39, 0.29) is 22.7 Å². The molecular weight excluding hydrogens is 394 g/mol. The molecule has 0 saturated heterocycles. The Labute approximate surface area is 178 Å². The summed E-state index contributed by atoms with van der Waals surface area (Å²) in [6.07, 6.45) is 4.36. The number of aromatic nitrogens is 4. The lowest BCUT2D eigenvalue weighted by Gasteiger charge is -2.20. The molecule has 0 aliphatic heterocycles. The first-order valence-electron chi connectivity index (χ1n) is 9.98. The predicted molar refractivity (Wildman–Crippen MR) is 118 cm³/mol. The van der Waals surface area contributed by atoms with E-state index in [4.69, 9.17) is 5.41 Å².